The first-order chi connectivity index (χ1) is 7.68. The Morgan fingerprint density at radius 1 is 1.69 bits per heavy atom. The quantitative estimate of drug-likeness (QED) is 0.787. The number of rotatable bonds is 3. The molecule has 0 bridgehead atoms. The van der Waals surface area contributed by atoms with E-state index in [4.69, 9.17) is 0 Å². The molecule has 2 heterocycles. The van der Waals surface area contributed by atoms with Crippen LogP contribution < -0.4 is 5.32 Å². The molecular weight excluding hydrogens is 224 g/mol. The first kappa shape index (κ1) is 11.6. The van der Waals surface area contributed by atoms with Crippen molar-refractivity contribution in [2.24, 2.45) is 0 Å². The van der Waals surface area contributed by atoms with Crippen LogP contribution in [0.2, 0.25) is 0 Å². The number of hydrogen-bond acceptors (Lipinski definition) is 4. The molecular formula is C11H16N2O2S. The van der Waals surface area contributed by atoms with Gasteiger partial charge in [0.25, 0.3) is 0 Å². The van der Waals surface area contributed by atoms with Crippen molar-refractivity contribution < 1.29 is 9.90 Å². The lowest BCUT2D eigenvalue weighted by Gasteiger charge is -2.26. The molecule has 1 saturated heterocycles. The summed E-state index contributed by atoms with van der Waals surface area (Å²) in [5, 5.41) is 14.7. The lowest BCUT2D eigenvalue weighted by molar-refractivity contribution is -0.132. The van der Waals surface area contributed by atoms with Crippen LogP contribution in [0.3, 0.4) is 0 Å². The van der Waals surface area contributed by atoms with Crippen LogP contribution in [0.25, 0.3) is 0 Å². The maximum absolute atomic E-state index is 11.9. The monoisotopic (exact) mass is 240 g/mol. The summed E-state index contributed by atoms with van der Waals surface area (Å²) in [5.74, 6) is 0.0650. The highest BCUT2D eigenvalue weighted by molar-refractivity contribution is 7.10. The summed E-state index contributed by atoms with van der Waals surface area (Å²) < 4.78 is 0. The maximum Gasteiger partial charge on any atom is 0.227 e. The molecule has 1 aliphatic heterocycles. The molecule has 0 unspecified atom stereocenters. The Morgan fingerprint density at radius 2 is 2.50 bits per heavy atom. The third-order valence-electron chi connectivity index (χ3n) is 2.95. The van der Waals surface area contributed by atoms with Gasteiger partial charge in [-0.25, -0.2) is 0 Å². The standard InChI is InChI=1S/C11H16N2O2S/c1-13(9-6-12-7-10(9)14)11(15)5-8-3-2-4-16-8/h2-4,9-10,12,14H,5-7H2,1H3/t9-,10-/m0/s1. The summed E-state index contributed by atoms with van der Waals surface area (Å²) in [4.78, 5) is 14.7. The van der Waals surface area contributed by atoms with Crippen molar-refractivity contribution in [2.75, 3.05) is 20.1 Å². The minimum Gasteiger partial charge on any atom is -0.390 e. The molecule has 1 aromatic heterocycles. The topological polar surface area (TPSA) is 52.6 Å². The van der Waals surface area contributed by atoms with Crippen LogP contribution in [0.5, 0.6) is 0 Å². The highest BCUT2D eigenvalue weighted by atomic mass is 32.1. The van der Waals surface area contributed by atoms with Crippen molar-refractivity contribution >= 4 is 17.2 Å². The lowest BCUT2D eigenvalue weighted by atomic mass is 10.2. The number of nitrogens with zero attached hydrogens (tertiary/aromatic N) is 1. The number of nitrogens with one attached hydrogen (secondary N) is 1. The van der Waals surface area contributed by atoms with Crippen molar-refractivity contribution in [2.45, 2.75) is 18.6 Å². The van der Waals surface area contributed by atoms with E-state index in [2.05, 4.69) is 5.32 Å². The third kappa shape index (κ3) is 2.42. The van der Waals surface area contributed by atoms with Crippen LogP contribution in [-0.2, 0) is 11.2 Å². The first-order valence-corrected chi connectivity index (χ1v) is 6.23. The second-order valence-electron chi connectivity index (χ2n) is 4.05. The van der Waals surface area contributed by atoms with Crippen LogP contribution in [0, 0.1) is 0 Å². The van der Waals surface area contributed by atoms with E-state index in [9.17, 15) is 9.90 Å². The maximum atomic E-state index is 11.9. The number of amides is 1. The largest absolute Gasteiger partial charge is 0.390 e. The van der Waals surface area contributed by atoms with E-state index in [1.54, 1.807) is 23.3 Å². The molecule has 1 amide bonds. The molecule has 2 N–H and O–H groups in total. The second kappa shape index (κ2) is 4.95. The number of aliphatic hydroxyl groups is 1. The highest BCUT2D eigenvalue weighted by Crippen LogP contribution is 2.13. The van der Waals surface area contributed by atoms with Crippen molar-refractivity contribution in [3.8, 4) is 0 Å². The smallest absolute Gasteiger partial charge is 0.227 e. The summed E-state index contributed by atoms with van der Waals surface area (Å²) in [6.45, 7) is 1.25. The predicted molar refractivity (Wildman–Crippen MR) is 63.5 cm³/mol. The fourth-order valence-electron chi connectivity index (χ4n) is 1.92. The van der Waals surface area contributed by atoms with E-state index in [-0.39, 0.29) is 11.9 Å². The van der Waals surface area contributed by atoms with E-state index in [1.807, 2.05) is 17.5 Å². The van der Waals surface area contributed by atoms with Gasteiger partial charge in [0, 0.05) is 25.0 Å². The average Bonchev–Trinajstić information content (AvgIpc) is 2.88. The number of thiophene rings is 1. The van der Waals surface area contributed by atoms with E-state index in [1.165, 1.54) is 0 Å². The van der Waals surface area contributed by atoms with Crippen LogP contribution in [0.15, 0.2) is 17.5 Å². The minimum atomic E-state index is -0.447. The third-order valence-corrected chi connectivity index (χ3v) is 3.82. The summed E-state index contributed by atoms with van der Waals surface area (Å²) in [6, 6.07) is 3.81. The zero-order valence-electron chi connectivity index (χ0n) is 9.22. The Kier molecular flexibility index (Phi) is 3.58. The lowest BCUT2D eigenvalue weighted by Crippen LogP contribution is -2.44. The van der Waals surface area contributed by atoms with E-state index < -0.39 is 6.10 Å². The molecule has 0 aromatic carbocycles. The summed E-state index contributed by atoms with van der Waals surface area (Å²) >= 11 is 1.59. The van der Waals surface area contributed by atoms with E-state index >= 15 is 0 Å². The van der Waals surface area contributed by atoms with E-state index in [0.717, 1.165) is 4.88 Å². The molecule has 2 atom stereocenters. The number of carbonyl (C=O) groups is 1. The highest BCUT2D eigenvalue weighted by Gasteiger charge is 2.30. The Balaban J connectivity index is 1.94. The number of aliphatic hydroxyl groups excluding tert-OH is 1. The molecule has 1 aromatic rings. The summed E-state index contributed by atoms with van der Waals surface area (Å²) in [5.41, 5.74) is 0. The minimum absolute atomic E-state index is 0.0650. The van der Waals surface area contributed by atoms with Crippen molar-refractivity contribution in [3.63, 3.8) is 0 Å². The molecule has 16 heavy (non-hydrogen) atoms. The van der Waals surface area contributed by atoms with Crippen LogP contribution >= 0.6 is 11.3 Å². The molecule has 1 aliphatic rings. The molecule has 5 heteroatoms. The first-order valence-electron chi connectivity index (χ1n) is 5.35. The number of carbonyl (C=O) groups excluding carboxylic acids is 1. The van der Waals surface area contributed by atoms with E-state index in [0.29, 0.717) is 19.5 Å². The average molecular weight is 240 g/mol. The van der Waals surface area contributed by atoms with Crippen molar-refractivity contribution in [3.05, 3.63) is 22.4 Å². The van der Waals surface area contributed by atoms with Gasteiger partial charge >= 0.3 is 0 Å². The van der Waals surface area contributed by atoms with Gasteiger partial charge in [-0.3, -0.25) is 4.79 Å². The Hall–Kier alpha value is -0.910. The van der Waals surface area contributed by atoms with Gasteiger partial charge < -0.3 is 15.3 Å². The fourth-order valence-corrected chi connectivity index (χ4v) is 2.61. The molecule has 0 radical (unpaired) electrons. The van der Waals surface area contributed by atoms with Gasteiger partial charge in [0.05, 0.1) is 18.6 Å². The van der Waals surface area contributed by atoms with Gasteiger partial charge in [-0.2, -0.15) is 0 Å². The number of likely N-dealkylation sites (N-methyl/N-ethyl adjacent to an activating group) is 1. The van der Waals surface area contributed by atoms with Gasteiger partial charge in [-0.05, 0) is 11.4 Å². The van der Waals surface area contributed by atoms with Crippen molar-refractivity contribution in [1.29, 1.82) is 0 Å². The zero-order valence-corrected chi connectivity index (χ0v) is 10.0. The van der Waals surface area contributed by atoms with Gasteiger partial charge in [-0.15, -0.1) is 11.3 Å². The zero-order chi connectivity index (χ0) is 11.5. The molecule has 0 spiro atoms. The normalized spacial score (nSPS) is 24.6. The fraction of sp³-hybridized carbons (Fsp3) is 0.545. The predicted octanol–water partition coefficient (Wildman–Crippen LogP) is 0.0817. The Labute approximate surface area is 98.9 Å². The molecule has 0 aliphatic carbocycles. The molecule has 0 saturated carbocycles. The molecule has 1 fully saturated rings. The molecule has 88 valence electrons. The van der Waals surface area contributed by atoms with Crippen LogP contribution in [-0.4, -0.2) is 48.2 Å². The Bertz CT molecular complexity index is 353. The Morgan fingerprint density at radius 3 is 3.06 bits per heavy atom. The van der Waals surface area contributed by atoms with Crippen LogP contribution in [0.4, 0.5) is 0 Å². The number of hydrogen-bond donors (Lipinski definition) is 2. The van der Waals surface area contributed by atoms with Gasteiger partial charge in [0.2, 0.25) is 5.91 Å². The summed E-state index contributed by atoms with van der Waals surface area (Å²) in [7, 11) is 1.76. The number of β-amino-alcohol motifs (C(OH)–C–C–N with tert-alkyl or cyclic N) is 1. The van der Waals surface area contributed by atoms with Crippen molar-refractivity contribution in [1.82, 2.24) is 10.2 Å². The second-order valence-corrected chi connectivity index (χ2v) is 5.09. The molecule has 4 nitrogen and oxygen atoms in total. The summed E-state index contributed by atoms with van der Waals surface area (Å²) in [6.07, 6.45) is -0.0190. The van der Waals surface area contributed by atoms with Gasteiger partial charge in [-0.1, -0.05) is 6.07 Å². The van der Waals surface area contributed by atoms with Gasteiger partial charge in [0.1, 0.15) is 0 Å². The van der Waals surface area contributed by atoms with Crippen LogP contribution in [0.1, 0.15) is 4.88 Å². The molecule has 2 rings (SSSR count). The SMILES string of the molecule is CN(C(=O)Cc1cccs1)[C@H]1CNC[C@@H]1O. The van der Waals surface area contributed by atoms with Gasteiger partial charge in [0.15, 0.2) is 0 Å².